The van der Waals surface area contributed by atoms with E-state index >= 15 is 0 Å². The van der Waals surface area contributed by atoms with Crippen molar-refractivity contribution in [3.8, 4) is 0 Å². The Hall–Kier alpha value is -1.12. The molecule has 0 aliphatic heterocycles. The molecule has 0 heterocycles. The van der Waals surface area contributed by atoms with Crippen molar-refractivity contribution < 1.29 is 8.78 Å². The summed E-state index contributed by atoms with van der Waals surface area (Å²) >= 11 is 0. The lowest BCUT2D eigenvalue weighted by Gasteiger charge is -2.11. The monoisotopic (exact) mass is 173 g/mol. The summed E-state index contributed by atoms with van der Waals surface area (Å²) < 4.78 is 25.4. The van der Waals surface area contributed by atoms with E-state index in [0.29, 0.717) is 0 Å². The summed E-state index contributed by atoms with van der Waals surface area (Å²) in [6, 6.07) is 0. The summed E-state index contributed by atoms with van der Waals surface area (Å²) in [5, 5.41) is 0. The molecule has 0 amide bonds. The Labute approximate surface area is 71.3 Å². The predicted molar refractivity (Wildman–Crippen MR) is 46.8 cm³/mol. The van der Waals surface area contributed by atoms with Crippen LogP contribution in [0.2, 0.25) is 0 Å². The minimum Gasteiger partial charge on any atom is -0.399 e. The molecule has 0 saturated carbocycles. The first-order valence-electron chi connectivity index (χ1n) is 3.56. The second kappa shape index (κ2) is 4.04. The van der Waals surface area contributed by atoms with E-state index in [2.05, 4.69) is 6.58 Å². The lowest BCUT2D eigenvalue weighted by molar-refractivity contribution is 0.0672. The number of alkyl halides is 2. The van der Waals surface area contributed by atoms with Crippen LogP contribution >= 0.6 is 0 Å². The van der Waals surface area contributed by atoms with Crippen molar-refractivity contribution >= 4 is 0 Å². The second-order valence-corrected chi connectivity index (χ2v) is 2.48. The van der Waals surface area contributed by atoms with Gasteiger partial charge in [0.05, 0.1) is 0 Å². The highest BCUT2D eigenvalue weighted by Crippen LogP contribution is 2.24. The van der Waals surface area contributed by atoms with Crippen molar-refractivity contribution in [2.24, 2.45) is 5.73 Å². The molecule has 0 radical (unpaired) electrons. The van der Waals surface area contributed by atoms with Gasteiger partial charge in [0.25, 0.3) is 5.92 Å². The molecule has 0 fully saturated rings. The van der Waals surface area contributed by atoms with Crippen molar-refractivity contribution in [3.05, 3.63) is 36.1 Å². The van der Waals surface area contributed by atoms with Crippen LogP contribution in [0.25, 0.3) is 0 Å². The van der Waals surface area contributed by atoms with E-state index in [-0.39, 0.29) is 11.3 Å². The summed E-state index contributed by atoms with van der Waals surface area (Å²) in [5.41, 5.74) is 5.46. The average molecular weight is 173 g/mol. The largest absolute Gasteiger partial charge is 0.399 e. The van der Waals surface area contributed by atoms with Crippen molar-refractivity contribution in [1.29, 1.82) is 0 Å². The number of halogens is 2. The Balaban J connectivity index is 4.74. The smallest absolute Gasteiger partial charge is 0.270 e. The molecule has 0 aromatic rings. The Morgan fingerprint density at radius 3 is 2.25 bits per heavy atom. The molecule has 0 aliphatic rings. The molecular weight excluding hydrogens is 160 g/mol. The first-order chi connectivity index (χ1) is 5.41. The van der Waals surface area contributed by atoms with Crippen molar-refractivity contribution in [2.45, 2.75) is 19.8 Å². The third-order valence-electron chi connectivity index (χ3n) is 1.38. The molecule has 0 atom stereocenters. The second-order valence-electron chi connectivity index (χ2n) is 2.48. The van der Waals surface area contributed by atoms with Gasteiger partial charge >= 0.3 is 0 Å². The number of nitrogens with two attached hydrogens (primary N) is 1. The highest BCUT2D eigenvalue weighted by molar-refractivity contribution is 5.31. The molecule has 0 aliphatic carbocycles. The first kappa shape index (κ1) is 10.9. The van der Waals surface area contributed by atoms with Crippen LogP contribution in [0, 0.1) is 0 Å². The topological polar surface area (TPSA) is 26.0 Å². The van der Waals surface area contributed by atoms with E-state index in [0.717, 1.165) is 6.92 Å². The fraction of sp³-hybridized carbons (Fsp3) is 0.333. The van der Waals surface area contributed by atoms with Crippen LogP contribution in [0.4, 0.5) is 8.78 Å². The Bertz CT molecular complexity index is 221. The van der Waals surface area contributed by atoms with Gasteiger partial charge in [-0.1, -0.05) is 12.7 Å². The molecule has 0 saturated heterocycles. The van der Waals surface area contributed by atoms with Gasteiger partial charge in [0.15, 0.2) is 0 Å². The first-order valence-corrected chi connectivity index (χ1v) is 3.56. The molecule has 0 rings (SSSR count). The minimum atomic E-state index is -2.84. The highest BCUT2D eigenvalue weighted by atomic mass is 19.3. The molecule has 0 unspecified atom stereocenters. The third-order valence-corrected chi connectivity index (χ3v) is 1.38. The third kappa shape index (κ3) is 3.32. The van der Waals surface area contributed by atoms with Crippen LogP contribution in [0.5, 0.6) is 0 Å². The van der Waals surface area contributed by atoms with Gasteiger partial charge in [0.1, 0.15) is 0 Å². The van der Waals surface area contributed by atoms with E-state index in [9.17, 15) is 8.78 Å². The maximum Gasteiger partial charge on any atom is 0.270 e. The summed E-state index contributed by atoms with van der Waals surface area (Å²) in [7, 11) is 0. The summed E-state index contributed by atoms with van der Waals surface area (Å²) in [4.78, 5) is 0. The molecule has 0 bridgehead atoms. The molecule has 0 aromatic carbocycles. The molecule has 2 N–H and O–H groups in total. The molecule has 3 heteroatoms. The van der Waals surface area contributed by atoms with Gasteiger partial charge in [-0.25, -0.2) is 8.78 Å². The standard InChI is InChI=1S/C9H13F2N/c1-4-7(9(3,10)11)6-8(12)5-2/h4-6H,2,12H2,1,3H3/b7-4+,8-6+. The van der Waals surface area contributed by atoms with Crippen LogP contribution in [0.3, 0.4) is 0 Å². The lowest BCUT2D eigenvalue weighted by atomic mass is 10.1. The maximum absolute atomic E-state index is 12.7. The van der Waals surface area contributed by atoms with Crippen LogP contribution in [0.15, 0.2) is 36.1 Å². The zero-order valence-electron chi connectivity index (χ0n) is 7.27. The van der Waals surface area contributed by atoms with Gasteiger partial charge in [-0.15, -0.1) is 0 Å². The highest BCUT2D eigenvalue weighted by Gasteiger charge is 2.24. The number of rotatable bonds is 3. The fourth-order valence-electron chi connectivity index (χ4n) is 0.702. The van der Waals surface area contributed by atoms with E-state index in [1.807, 2.05) is 0 Å². The number of hydrogen-bond donors (Lipinski definition) is 1. The Morgan fingerprint density at radius 2 is 2.00 bits per heavy atom. The maximum atomic E-state index is 12.7. The summed E-state index contributed by atoms with van der Waals surface area (Å²) in [6.45, 7) is 5.73. The Morgan fingerprint density at radius 1 is 1.50 bits per heavy atom. The molecule has 0 spiro atoms. The van der Waals surface area contributed by atoms with Gasteiger partial charge in [-0.3, -0.25) is 0 Å². The molecule has 68 valence electrons. The van der Waals surface area contributed by atoms with Crippen molar-refractivity contribution in [3.63, 3.8) is 0 Å². The zero-order chi connectivity index (χ0) is 9.78. The van der Waals surface area contributed by atoms with E-state index < -0.39 is 5.92 Å². The molecule has 12 heavy (non-hydrogen) atoms. The zero-order valence-corrected chi connectivity index (χ0v) is 7.27. The summed E-state index contributed by atoms with van der Waals surface area (Å²) in [5.74, 6) is -2.84. The fourth-order valence-corrected chi connectivity index (χ4v) is 0.702. The Kier molecular flexibility index (Phi) is 3.67. The number of hydrogen-bond acceptors (Lipinski definition) is 1. The van der Waals surface area contributed by atoms with Crippen molar-refractivity contribution in [2.75, 3.05) is 0 Å². The average Bonchev–Trinajstić information content (AvgIpc) is 1.97. The van der Waals surface area contributed by atoms with Gasteiger partial charge in [-0.2, -0.15) is 0 Å². The van der Waals surface area contributed by atoms with Crippen LogP contribution < -0.4 is 5.73 Å². The van der Waals surface area contributed by atoms with Gasteiger partial charge in [-0.05, 0) is 19.1 Å². The van der Waals surface area contributed by atoms with Crippen LogP contribution in [-0.4, -0.2) is 5.92 Å². The van der Waals surface area contributed by atoms with Gasteiger partial charge in [0, 0.05) is 18.2 Å². The van der Waals surface area contributed by atoms with Gasteiger partial charge < -0.3 is 5.73 Å². The van der Waals surface area contributed by atoms with Crippen LogP contribution in [-0.2, 0) is 0 Å². The lowest BCUT2D eigenvalue weighted by Crippen LogP contribution is -2.13. The van der Waals surface area contributed by atoms with Crippen LogP contribution in [0.1, 0.15) is 13.8 Å². The van der Waals surface area contributed by atoms with Gasteiger partial charge in [0.2, 0.25) is 0 Å². The van der Waals surface area contributed by atoms with E-state index in [1.54, 1.807) is 6.92 Å². The van der Waals surface area contributed by atoms with Crippen molar-refractivity contribution in [1.82, 2.24) is 0 Å². The molecule has 1 nitrogen and oxygen atoms in total. The van der Waals surface area contributed by atoms with E-state index in [4.69, 9.17) is 5.73 Å². The van der Waals surface area contributed by atoms with E-state index in [1.165, 1.54) is 18.2 Å². The molecular formula is C9H13F2N. The normalized spacial score (nSPS) is 14.7. The molecule has 0 aromatic heterocycles. The summed E-state index contributed by atoms with van der Waals surface area (Å²) in [6.07, 6.45) is 3.87. The predicted octanol–water partition coefficient (Wildman–Crippen LogP) is 2.62. The quantitative estimate of drug-likeness (QED) is 0.652. The number of allylic oxidation sites excluding steroid dienone is 4. The minimum absolute atomic E-state index is 0.0973. The SMILES string of the molecule is C=C/C(N)=C\C(=C/C)C(C)(F)F.